The number of benzene rings is 1. The lowest BCUT2D eigenvalue weighted by Crippen LogP contribution is -2.37. The van der Waals surface area contributed by atoms with Crippen LogP contribution in [0, 0.1) is 0 Å². The molecule has 1 unspecified atom stereocenters. The fraction of sp³-hybridized carbons (Fsp3) is 0.538. The molecule has 0 saturated heterocycles. The third kappa shape index (κ3) is 1.88. The fourth-order valence-corrected chi connectivity index (χ4v) is 3.53. The molecule has 0 aromatic heterocycles. The van der Waals surface area contributed by atoms with E-state index < -0.39 is 0 Å². The first-order valence-corrected chi connectivity index (χ1v) is 6.89. The Morgan fingerprint density at radius 2 is 2.19 bits per heavy atom. The number of hydrogen-bond donors (Lipinski definition) is 2. The summed E-state index contributed by atoms with van der Waals surface area (Å²) < 4.78 is 0. The molecule has 86 valence electrons. The summed E-state index contributed by atoms with van der Waals surface area (Å²) in [5.74, 6) is 1.79. The van der Waals surface area contributed by atoms with E-state index in [4.69, 9.17) is 0 Å². The van der Waals surface area contributed by atoms with Crippen LogP contribution in [0.2, 0.25) is 0 Å². The quantitative estimate of drug-likeness (QED) is 0.837. The number of nitrogens with one attached hydrogen (secondary N) is 1. The zero-order valence-electron chi connectivity index (χ0n) is 9.28. The number of rotatable bonds is 4. The molecule has 2 aliphatic rings. The Balaban J connectivity index is 1.65. The van der Waals surface area contributed by atoms with E-state index in [9.17, 15) is 5.11 Å². The molecule has 1 heterocycles. The van der Waals surface area contributed by atoms with E-state index in [1.807, 2.05) is 11.8 Å². The van der Waals surface area contributed by atoms with Crippen molar-refractivity contribution >= 4 is 11.8 Å². The van der Waals surface area contributed by atoms with Gasteiger partial charge in [-0.05, 0) is 24.5 Å². The molecule has 2 N–H and O–H groups in total. The first-order chi connectivity index (χ1) is 7.83. The van der Waals surface area contributed by atoms with Crippen LogP contribution in [-0.4, -0.2) is 29.5 Å². The van der Waals surface area contributed by atoms with Gasteiger partial charge in [-0.3, -0.25) is 0 Å². The molecule has 2 nitrogen and oxygen atoms in total. The monoisotopic (exact) mass is 235 g/mol. The highest BCUT2D eigenvalue weighted by molar-refractivity contribution is 7.99. The van der Waals surface area contributed by atoms with Crippen LogP contribution in [0.5, 0.6) is 0 Å². The molecule has 1 aliphatic carbocycles. The molecular formula is C13H17NOS. The standard InChI is InChI=1S/C13H17NOS/c15-9-13(5-6-13)14-7-10-8-16-12-4-2-1-3-11(10)12/h1-4,10,14-15H,5-9H2. The van der Waals surface area contributed by atoms with Crippen molar-refractivity contribution in [2.45, 2.75) is 29.2 Å². The van der Waals surface area contributed by atoms with Crippen molar-refractivity contribution in [3.63, 3.8) is 0 Å². The smallest absolute Gasteiger partial charge is 0.0613 e. The highest BCUT2D eigenvalue weighted by Crippen LogP contribution is 2.40. The Morgan fingerprint density at radius 3 is 2.94 bits per heavy atom. The van der Waals surface area contributed by atoms with Crippen LogP contribution in [0.3, 0.4) is 0 Å². The molecule has 1 saturated carbocycles. The van der Waals surface area contributed by atoms with Gasteiger partial charge in [-0.15, -0.1) is 11.8 Å². The third-order valence-electron chi connectivity index (χ3n) is 3.68. The predicted octanol–water partition coefficient (Wildman–Crippen LogP) is 1.99. The molecule has 1 atom stereocenters. The summed E-state index contributed by atoms with van der Waals surface area (Å²) in [5, 5.41) is 12.8. The Kier molecular flexibility index (Phi) is 2.70. The molecular weight excluding hydrogens is 218 g/mol. The van der Waals surface area contributed by atoms with Gasteiger partial charge in [0.1, 0.15) is 0 Å². The van der Waals surface area contributed by atoms with E-state index in [0.717, 1.165) is 19.4 Å². The minimum absolute atomic E-state index is 0.0716. The van der Waals surface area contributed by atoms with E-state index in [1.165, 1.54) is 16.2 Å². The van der Waals surface area contributed by atoms with Gasteiger partial charge >= 0.3 is 0 Å². The molecule has 1 aromatic carbocycles. The highest BCUT2D eigenvalue weighted by atomic mass is 32.2. The van der Waals surface area contributed by atoms with Crippen LogP contribution in [0.1, 0.15) is 24.3 Å². The van der Waals surface area contributed by atoms with Crippen LogP contribution in [0.15, 0.2) is 29.2 Å². The topological polar surface area (TPSA) is 32.3 Å². The van der Waals surface area contributed by atoms with Crippen LogP contribution in [0.4, 0.5) is 0 Å². The van der Waals surface area contributed by atoms with Gasteiger partial charge in [-0.1, -0.05) is 18.2 Å². The maximum Gasteiger partial charge on any atom is 0.0613 e. The Labute approximate surface area is 100 Å². The molecule has 0 spiro atoms. The maximum atomic E-state index is 9.26. The molecule has 0 amide bonds. The number of thioether (sulfide) groups is 1. The van der Waals surface area contributed by atoms with E-state index in [2.05, 4.69) is 29.6 Å². The van der Waals surface area contributed by atoms with Gasteiger partial charge in [-0.25, -0.2) is 0 Å². The molecule has 16 heavy (non-hydrogen) atoms. The van der Waals surface area contributed by atoms with E-state index >= 15 is 0 Å². The summed E-state index contributed by atoms with van der Waals surface area (Å²) in [7, 11) is 0. The summed E-state index contributed by atoms with van der Waals surface area (Å²) >= 11 is 1.95. The van der Waals surface area contributed by atoms with Gasteiger partial charge in [0.2, 0.25) is 0 Å². The fourth-order valence-electron chi connectivity index (χ4n) is 2.28. The number of aliphatic hydroxyl groups is 1. The van der Waals surface area contributed by atoms with Crippen molar-refractivity contribution in [3.05, 3.63) is 29.8 Å². The largest absolute Gasteiger partial charge is 0.394 e. The predicted molar refractivity (Wildman–Crippen MR) is 67.0 cm³/mol. The molecule has 0 radical (unpaired) electrons. The molecule has 3 rings (SSSR count). The Bertz CT molecular complexity index is 389. The Hall–Kier alpha value is -0.510. The second-order valence-electron chi connectivity index (χ2n) is 4.87. The molecule has 1 fully saturated rings. The average molecular weight is 235 g/mol. The van der Waals surface area contributed by atoms with Crippen molar-refractivity contribution in [2.24, 2.45) is 0 Å². The van der Waals surface area contributed by atoms with Crippen LogP contribution < -0.4 is 5.32 Å². The normalized spacial score (nSPS) is 25.4. The third-order valence-corrected chi connectivity index (χ3v) is 4.93. The summed E-state index contributed by atoms with van der Waals surface area (Å²) in [6, 6.07) is 8.67. The zero-order chi connectivity index (χ0) is 11.0. The lowest BCUT2D eigenvalue weighted by Gasteiger charge is -2.18. The SMILES string of the molecule is OCC1(NCC2CSc3ccccc32)CC1. The van der Waals surface area contributed by atoms with Crippen molar-refractivity contribution < 1.29 is 5.11 Å². The average Bonchev–Trinajstić information content (AvgIpc) is 3.01. The summed E-state index contributed by atoms with van der Waals surface area (Å²) in [6.07, 6.45) is 2.26. The van der Waals surface area contributed by atoms with Crippen molar-refractivity contribution in [2.75, 3.05) is 18.9 Å². The molecule has 1 aromatic rings. The minimum Gasteiger partial charge on any atom is -0.394 e. The second kappa shape index (κ2) is 4.06. The molecule has 1 aliphatic heterocycles. The van der Waals surface area contributed by atoms with Crippen LogP contribution in [-0.2, 0) is 0 Å². The summed E-state index contributed by atoms with van der Waals surface area (Å²) in [4.78, 5) is 1.43. The minimum atomic E-state index is 0.0716. The number of hydrogen-bond acceptors (Lipinski definition) is 3. The van der Waals surface area contributed by atoms with Gasteiger partial charge in [-0.2, -0.15) is 0 Å². The van der Waals surface area contributed by atoms with Gasteiger partial charge < -0.3 is 10.4 Å². The Morgan fingerprint density at radius 1 is 1.38 bits per heavy atom. The summed E-state index contributed by atoms with van der Waals surface area (Å²) in [6.45, 7) is 1.29. The van der Waals surface area contributed by atoms with E-state index in [-0.39, 0.29) is 12.1 Å². The van der Waals surface area contributed by atoms with Gasteiger partial charge in [0.15, 0.2) is 0 Å². The van der Waals surface area contributed by atoms with E-state index in [0.29, 0.717) is 5.92 Å². The second-order valence-corrected chi connectivity index (χ2v) is 5.93. The summed E-state index contributed by atoms with van der Waals surface area (Å²) in [5.41, 5.74) is 1.55. The van der Waals surface area contributed by atoms with Crippen LogP contribution >= 0.6 is 11.8 Å². The first kappa shape index (κ1) is 10.6. The highest BCUT2D eigenvalue weighted by Gasteiger charge is 2.42. The van der Waals surface area contributed by atoms with Gasteiger partial charge in [0.25, 0.3) is 0 Å². The number of fused-ring (bicyclic) bond motifs is 1. The van der Waals surface area contributed by atoms with Gasteiger partial charge in [0.05, 0.1) is 6.61 Å². The van der Waals surface area contributed by atoms with Gasteiger partial charge in [0, 0.05) is 28.6 Å². The number of aliphatic hydroxyl groups excluding tert-OH is 1. The lowest BCUT2D eigenvalue weighted by atomic mass is 10.0. The zero-order valence-corrected chi connectivity index (χ0v) is 10.1. The van der Waals surface area contributed by atoms with E-state index in [1.54, 1.807) is 0 Å². The maximum absolute atomic E-state index is 9.26. The lowest BCUT2D eigenvalue weighted by molar-refractivity contribution is 0.229. The van der Waals surface area contributed by atoms with Crippen molar-refractivity contribution in [1.82, 2.24) is 5.32 Å². The molecule has 0 bridgehead atoms. The molecule has 3 heteroatoms. The van der Waals surface area contributed by atoms with Crippen molar-refractivity contribution in [3.8, 4) is 0 Å². The van der Waals surface area contributed by atoms with Crippen molar-refractivity contribution in [1.29, 1.82) is 0 Å². The van der Waals surface area contributed by atoms with Crippen LogP contribution in [0.25, 0.3) is 0 Å². The first-order valence-electron chi connectivity index (χ1n) is 5.91.